The van der Waals surface area contributed by atoms with E-state index >= 15 is 0 Å². The van der Waals surface area contributed by atoms with E-state index in [0.717, 1.165) is 21.5 Å². The highest BCUT2D eigenvalue weighted by Crippen LogP contribution is 2.36. The second kappa shape index (κ2) is 5.13. The minimum absolute atomic E-state index is 0.00398. The first-order valence-electron chi connectivity index (χ1n) is 6.13. The summed E-state index contributed by atoms with van der Waals surface area (Å²) in [6.45, 7) is 1.57. The van der Waals surface area contributed by atoms with E-state index in [1.54, 1.807) is 6.92 Å². The summed E-state index contributed by atoms with van der Waals surface area (Å²) >= 11 is 5.49. The lowest BCUT2D eigenvalue weighted by Gasteiger charge is -2.38. The Bertz CT molecular complexity index is 555. The molecule has 0 unspecified atom stereocenters. The van der Waals surface area contributed by atoms with Gasteiger partial charge in [-0.3, -0.25) is 9.59 Å². The van der Waals surface area contributed by atoms with Crippen molar-refractivity contribution in [2.45, 2.75) is 32.6 Å². The van der Waals surface area contributed by atoms with E-state index in [-0.39, 0.29) is 6.54 Å². The van der Waals surface area contributed by atoms with Gasteiger partial charge in [0.2, 0.25) is 0 Å². The molecule has 6 nitrogen and oxygen atoms in total. The molecule has 2 amide bonds. The summed E-state index contributed by atoms with van der Waals surface area (Å²) in [6.07, 6.45) is 2.51. The quantitative estimate of drug-likeness (QED) is 0.713. The van der Waals surface area contributed by atoms with Crippen LogP contribution in [0.15, 0.2) is 11.3 Å². The number of carbonyl (C=O) groups is 2. The van der Waals surface area contributed by atoms with Crippen LogP contribution in [-0.2, 0) is 19.8 Å². The Balaban J connectivity index is 2.63. The molecular weight excluding hydrogens is 292 g/mol. The van der Waals surface area contributed by atoms with Crippen LogP contribution in [0.4, 0.5) is 0 Å². The van der Waals surface area contributed by atoms with Crippen molar-refractivity contribution in [2.75, 3.05) is 12.4 Å². The summed E-state index contributed by atoms with van der Waals surface area (Å²) in [5, 5.41) is 0. The van der Waals surface area contributed by atoms with E-state index in [2.05, 4.69) is 0 Å². The first-order chi connectivity index (χ1) is 8.95. The van der Waals surface area contributed by atoms with Gasteiger partial charge in [0.05, 0.1) is 0 Å². The summed E-state index contributed by atoms with van der Waals surface area (Å²) < 4.78 is 26.1. The number of carbonyl (C=O) groups excluding carboxylic acids is 2. The lowest BCUT2D eigenvalue weighted by atomic mass is 9.95. The van der Waals surface area contributed by atoms with E-state index in [1.165, 1.54) is 0 Å². The molecule has 0 saturated heterocycles. The van der Waals surface area contributed by atoms with E-state index in [1.807, 2.05) is 0 Å². The van der Waals surface area contributed by atoms with Gasteiger partial charge in [-0.25, -0.2) is 4.31 Å². The minimum Gasteiger partial charge on any atom is -0.272 e. The zero-order chi connectivity index (χ0) is 14.2. The predicted octanol–water partition coefficient (Wildman–Crippen LogP) is 0.989. The fraction of sp³-hybridized carbons (Fsp3) is 0.636. The van der Waals surface area contributed by atoms with Gasteiger partial charge >= 0.3 is 10.2 Å². The molecule has 8 heteroatoms. The van der Waals surface area contributed by atoms with Crippen LogP contribution in [0.2, 0.25) is 0 Å². The van der Waals surface area contributed by atoms with Crippen LogP contribution in [0, 0.1) is 0 Å². The molecular formula is C11H15ClN2O4S. The molecule has 0 saturated carbocycles. The van der Waals surface area contributed by atoms with Crippen LogP contribution >= 0.6 is 11.6 Å². The molecule has 0 aromatic carbocycles. The Morgan fingerprint density at radius 2 is 1.95 bits per heavy atom. The van der Waals surface area contributed by atoms with Crippen LogP contribution in [0.3, 0.4) is 0 Å². The van der Waals surface area contributed by atoms with Gasteiger partial charge in [0, 0.05) is 17.8 Å². The van der Waals surface area contributed by atoms with Crippen molar-refractivity contribution < 1.29 is 18.0 Å². The van der Waals surface area contributed by atoms with Crippen molar-refractivity contribution in [3.05, 3.63) is 11.3 Å². The predicted molar refractivity (Wildman–Crippen MR) is 69.4 cm³/mol. The van der Waals surface area contributed by atoms with Gasteiger partial charge in [0.15, 0.2) is 0 Å². The number of amides is 2. The van der Waals surface area contributed by atoms with Gasteiger partial charge < -0.3 is 0 Å². The Morgan fingerprint density at radius 3 is 2.53 bits per heavy atom. The molecule has 0 spiro atoms. The summed E-state index contributed by atoms with van der Waals surface area (Å²) in [6, 6.07) is 0. The SMILES string of the molecule is CCN1C(=O)C2=C(CCCC2)N(C(=O)CCl)S1(=O)=O. The Labute approximate surface area is 117 Å². The average molecular weight is 307 g/mol. The second-order valence-electron chi connectivity index (χ2n) is 4.40. The van der Waals surface area contributed by atoms with Gasteiger partial charge in [-0.1, -0.05) is 0 Å². The Kier molecular flexibility index (Phi) is 3.87. The van der Waals surface area contributed by atoms with Crippen molar-refractivity contribution in [1.82, 2.24) is 8.61 Å². The normalized spacial score (nSPS) is 22.5. The highest BCUT2D eigenvalue weighted by Gasteiger charge is 2.45. The van der Waals surface area contributed by atoms with Crippen LogP contribution in [-0.4, -0.2) is 41.3 Å². The summed E-state index contributed by atoms with van der Waals surface area (Å²) in [4.78, 5) is 24.0. The molecule has 1 heterocycles. The fourth-order valence-electron chi connectivity index (χ4n) is 2.48. The second-order valence-corrected chi connectivity index (χ2v) is 6.37. The van der Waals surface area contributed by atoms with Crippen LogP contribution in [0.25, 0.3) is 0 Å². The molecule has 106 valence electrons. The molecule has 0 aromatic heterocycles. The van der Waals surface area contributed by atoms with Gasteiger partial charge in [0.1, 0.15) is 5.88 Å². The third-order valence-corrected chi connectivity index (χ3v) is 5.40. The minimum atomic E-state index is -4.12. The molecule has 0 bridgehead atoms. The lowest BCUT2D eigenvalue weighted by Crippen LogP contribution is -2.54. The zero-order valence-corrected chi connectivity index (χ0v) is 12.1. The monoisotopic (exact) mass is 306 g/mol. The summed E-state index contributed by atoms with van der Waals surface area (Å²) in [7, 11) is -4.12. The third-order valence-electron chi connectivity index (χ3n) is 3.31. The Hall–Kier alpha value is -1.08. The maximum absolute atomic E-state index is 12.3. The van der Waals surface area contributed by atoms with Gasteiger partial charge in [0.25, 0.3) is 11.8 Å². The third kappa shape index (κ3) is 2.14. The summed E-state index contributed by atoms with van der Waals surface area (Å²) in [5.41, 5.74) is 0.744. The molecule has 19 heavy (non-hydrogen) atoms. The number of halogens is 1. The maximum Gasteiger partial charge on any atom is 0.335 e. The fourth-order valence-corrected chi connectivity index (χ4v) is 4.31. The van der Waals surface area contributed by atoms with E-state index in [0.29, 0.717) is 24.1 Å². The standard InChI is InChI=1S/C11H15ClN2O4S/c1-2-13-11(16)8-5-3-4-6-9(8)14(10(15)7-12)19(13,17)18/h2-7H2,1H3. The molecule has 0 atom stereocenters. The van der Waals surface area contributed by atoms with Gasteiger partial charge in [-0.05, 0) is 32.6 Å². The van der Waals surface area contributed by atoms with E-state index < -0.39 is 27.9 Å². The summed E-state index contributed by atoms with van der Waals surface area (Å²) in [5.74, 6) is -1.64. The van der Waals surface area contributed by atoms with Crippen LogP contribution in [0.1, 0.15) is 32.6 Å². The average Bonchev–Trinajstić information content (AvgIpc) is 2.38. The molecule has 1 aliphatic heterocycles. The number of rotatable bonds is 2. The molecule has 2 rings (SSSR count). The number of alkyl halides is 1. The number of nitrogens with zero attached hydrogens (tertiary/aromatic N) is 2. The van der Waals surface area contributed by atoms with Crippen LogP contribution < -0.4 is 0 Å². The van der Waals surface area contributed by atoms with Gasteiger partial charge in [-0.15, -0.1) is 11.6 Å². The highest BCUT2D eigenvalue weighted by molar-refractivity contribution is 7.88. The van der Waals surface area contributed by atoms with Crippen molar-refractivity contribution in [3.63, 3.8) is 0 Å². The largest absolute Gasteiger partial charge is 0.335 e. The molecule has 0 fully saturated rings. The first kappa shape index (κ1) is 14.3. The van der Waals surface area contributed by atoms with Crippen molar-refractivity contribution in [3.8, 4) is 0 Å². The number of hydrogen-bond acceptors (Lipinski definition) is 4. The molecule has 0 N–H and O–H groups in total. The zero-order valence-electron chi connectivity index (χ0n) is 10.6. The molecule has 1 aliphatic carbocycles. The van der Waals surface area contributed by atoms with Crippen molar-refractivity contribution in [2.24, 2.45) is 0 Å². The Morgan fingerprint density at radius 1 is 1.32 bits per heavy atom. The number of hydrogen-bond donors (Lipinski definition) is 0. The lowest BCUT2D eigenvalue weighted by molar-refractivity contribution is -0.125. The van der Waals surface area contributed by atoms with E-state index in [9.17, 15) is 18.0 Å². The van der Waals surface area contributed by atoms with E-state index in [4.69, 9.17) is 11.6 Å². The number of likely N-dealkylation sites (N-methyl/N-ethyl adjacent to an activating group) is 1. The molecule has 2 aliphatic rings. The molecule has 0 radical (unpaired) electrons. The van der Waals surface area contributed by atoms with Crippen LogP contribution in [0.5, 0.6) is 0 Å². The molecule has 0 aromatic rings. The van der Waals surface area contributed by atoms with Gasteiger partial charge in [-0.2, -0.15) is 12.7 Å². The maximum atomic E-state index is 12.3. The van der Waals surface area contributed by atoms with Crippen molar-refractivity contribution in [1.29, 1.82) is 0 Å². The smallest absolute Gasteiger partial charge is 0.272 e. The first-order valence-corrected chi connectivity index (χ1v) is 8.06. The highest BCUT2D eigenvalue weighted by atomic mass is 35.5. The van der Waals surface area contributed by atoms with Crippen molar-refractivity contribution >= 4 is 33.6 Å². The topological polar surface area (TPSA) is 74.8 Å². The number of allylic oxidation sites excluding steroid dienone is 1.